The molecule has 0 aromatic heterocycles. The number of ether oxygens (including phenoxy) is 2. The molecule has 1 aliphatic rings. The van der Waals surface area contributed by atoms with Crippen molar-refractivity contribution in [3.8, 4) is 0 Å². The summed E-state index contributed by atoms with van der Waals surface area (Å²) in [6, 6.07) is 34.6. The van der Waals surface area contributed by atoms with Gasteiger partial charge in [0.15, 0.2) is 6.10 Å². The molecule has 254 valence electrons. The lowest BCUT2D eigenvalue weighted by Crippen LogP contribution is -2.68. The lowest BCUT2D eigenvalue weighted by Gasteiger charge is -2.46. The highest BCUT2D eigenvalue weighted by molar-refractivity contribution is 6.99. The van der Waals surface area contributed by atoms with E-state index in [1.54, 1.807) is 4.90 Å². The van der Waals surface area contributed by atoms with Crippen LogP contribution in [-0.2, 0) is 24.2 Å². The molecule has 7 nitrogen and oxygen atoms in total. The maximum atomic E-state index is 13.9. The molecule has 1 fully saturated rings. The first-order chi connectivity index (χ1) is 22.6. The van der Waals surface area contributed by atoms with E-state index < -0.39 is 37.7 Å². The molecule has 5 rings (SSSR count). The largest absolute Gasteiger partial charge is 0.444 e. The molecule has 0 spiro atoms. The Kier molecular flexibility index (Phi) is 10.2. The molecule has 1 saturated heterocycles. The van der Waals surface area contributed by atoms with Crippen LogP contribution in [0.25, 0.3) is 10.8 Å². The number of carbonyl (C=O) groups excluding carboxylic acids is 2. The van der Waals surface area contributed by atoms with E-state index in [9.17, 15) is 9.59 Å². The Labute approximate surface area is 286 Å². The number of nitrogens with one attached hydrogen (secondary N) is 1. The van der Waals surface area contributed by atoms with Gasteiger partial charge in [0.25, 0.3) is 14.2 Å². The SMILES string of the molecule is CC(C)(C)OC(=O)N1C[C@@H](C(=O)NC(C)(C)c2cccc3ccccc23)OC[C@H]1CO[Si](c1ccccc1)(c1ccccc1)C(C)(C)C. The number of benzene rings is 4. The van der Waals surface area contributed by atoms with E-state index in [1.165, 1.54) is 0 Å². The smallest absolute Gasteiger partial charge is 0.410 e. The van der Waals surface area contributed by atoms with Gasteiger partial charge in [-0.3, -0.25) is 9.69 Å². The molecule has 1 N–H and O–H groups in total. The third-order valence-corrected chi connectivity index (χ3v) is 14.0. The van der Waals surface area contributed by atoms with Gasteiger partial charge in [-0.2, -0.15) is 0 Å². The predicted molar refractivity (Wildman–Crippen MR) is 195 cm³/mol. The van der Waals surface area contributed by atoms with Crippen LogP contribution in [0, 0.1) is 0 Å². The average molecular weight is 667 g/mol. The van der Waals surface area contributed by atoms with Crippen LogP contribution in [0.4, 0.5) is 4.79 Å². The Morgan fingerprint density at radius 2 is 1.35 bits per heavy atom. The van der Waals surface area contributed by atoms with Crippen molar-refractivity contribution >= 4 is 41.5 Å². The first-order valence-corrected chi connectivity index (χ1v) is 18.7. The number of hydrogen-bond acceptors (Lipinski definition) is 5. The van der Waals surface area contributed by atoms with Gasteiger partial charge in [-0.05, 0) is 66.4 Å². The zero-order valence-electron chi connectivity index (χ0n) is 29.6. The second-order valence-corrected chi connectivity index (χ2v) is 19.5. The highest BCUT2D eigenvalue weighted by Gasteiger charge is 2.51. The summed E-state index contributed by atoms with van der Waals surface area (Å²) in [7, 11) is -2.89. The lowest BCUT2D eigenvalue weighted by molar-refractivity contribution is -0.144. The Morgan fingerprint density at radius 3 is 1.94 bits per heavy atom. The van der Waals surface area contributed by atoms with Gasteiger partial charge < -0.3 is 19.2 Å². The molecule has 4 aromatic rings. The highest BCUT2D eigenvalue weighted by atomic mass is 28.4. The summed E-state index contributed by atoms with van der Waals surface area (Å²) in [5, 5.41) is 7.45. The van der Waals surface area contributed by atoms with Crippen LogP contribution >= 0.6 is 0 Å². The van der Waals surface area contributed by atoms with Gasteiger partial charge in [0.05, 0.1) is 31.3 Å². The van der Waals surface area contributed by atoms with Gasteiger partial charge in [-0.15, -0.1) is 0 Å². The summed E-state index contributed by atoms with van der Waals surface area (Å²) in [6.07, 6.45) is -1.37. The third-order valence-electron chi connectivity index (χ3n) is 9.02. The number of carbonyl (C=O) groups is 2. The molecule has 4 aromatic carbocycles. The number of hydrogen-bond donors (Lipinski definition) is 1. The van der Waals surface area contributed by atoms with Gasteiger partial charge >= 0.3 is 6.09 Å². The number of fused-ring (bicyclic) bond motifs is 1. The molecular weight excluding hydrogens is 617 g/mol. The summed E-state index contributed by atoms with van der Waals surface area (Å²) in [5.74, 6) is -0.284. The van der Waals surface area contributed by atoms with Gasteiger partial charge in [-0.25, -0.2) is 4.79 Å². The van der Waals surface area contributed by atoms with Gasteiger partial charge in [0, 0.05) is 0 Å². The molecule has 1 heterocycles. The second-order valence-electron chi connectivity index (χ2n) is 15.2. The van der Waals surface area contributed by atoms with Crippen molar-refractivity contribution < 1.29 is 23.5 Å². The Balaban J connectivity index is 1.42. The zero-order valence-corrected chi connectivity index (χ0v) is 30.6. The molecule has 48 heavy (non-hydrogen) atoms. The maximum absolute atomic E-state index is 13.9. The van der Waals surface area contributed by atoms with Crippen molar-refractivity contribution in [1.29, 1.82) is 0 Å². The van der Waals surface area contributed by atoms with E-state index in [-0.39, 0.29) is 30.7 Å². The van der Waals surface area contributed by atoms with Crippen LogP contribution in [-0.4, -0.2) is 62.7 Å². The van der Waals surface area contributed by atoms with E-state index >= 15 is 0 Å². The second kappa shape index (κ2) is 13.9. The summed E-state index contributed by atoms with van der Waals surface area (Å²) < 4.78 is 19.3. The van der Waals surface area contributed by atoms with Crippen LogP contribution < -0.4 is 15.7 Å². The van der Waals surface area contributed by atoms with Gasteiger partial charge in [0.2, 0.25) is 0 Å². The Bertz CT molecular complexity index is 1670. The molecule has 0 aliphatic carbocycles. The molecule has 2 atom stereocenters. The van der Waals surface area contributed by atoms with Gasteiger partial charge in [0.1, 0.15) is 5.60 Å². The standard InChI is InChI=1S/C40H50N2O5Si/c1-38(2,3)47-37(44)42-26-35(36(43)41-40(7,8)34-25-17-19-29-18-15-16-24-33(29)34)45-27-30(42)28-46-48(39(4,5)6,31-20-11-9-12-21-31)32-22-13-10-14-23-32/h9-25,30,35H,26-28H2,1-8H3,(H,41,43)/t30-,35-/m0/s1. The van der Waals surface area contributed by atoms with Crippen molar-refractivity contribution in [2.24, 2.45) is 0 Å². The highest BCUT2D eigenvalue weighted by Crippen LogP contribution is 2.37. The minimum Gasteiger partial charge on any atom is -0.444 e. The van der Waals surface area contributed by atoms with E-state index in [1.807, 2.05) is 71.0 Å². The first-order valence-electron chi connectivity index (χ1n) is 16.8. The Hall–Kier alpha value is -3.98. The molecule has 1 aliphatic heterocycles. The van der Waals surface area contributed by atoms with E-state index in [2.05, 4.69) is 92.8 Å². The minimum atomic E-state index is -2.89. The molecule has 8 heteroatoms. The van der Waals surface area contributed by atoms with Crippen molar-refractivity contribution in [3.05, 3.63) is 109 Å². The molecular formula is C40H50N2O5Si. The molecule has 0 bridgehead atoms. The first kappa shape index (κ1) is 35.3. The fraction of sp³-hybridized carbons (Fsp3) is 0.400. The molecule has 0 radical (unpaired) electrons. The maximum Gasteiger partial charge on any atom is 0.410 e. The summed E-state index contributed by atoms with van der Waals surface area (Å²) >= 11 is 0. The molecule has 2 amide bonds. The van der Waals surface area contributed by atoms with Crippen LogP contribution in [0.3, 0.4) is 0 Å². The van der Waals surface area contributed by atoms with Crippen molar-refractivity contribution in [3.63, 3.8) is 0 Å². The fourth-order valence-corrected chi connectivity index (χ4v) is 11.3. The lowest BCUT2D eigenvalue weighted by atomic mass is 9.89. The topological polar surface area (TPSA) is 77.1 Å². The van der Waals surface area contributed by atoms with Crippen LogP contribution in [0.2, 0.25) is 5.04 Å². The van der Waals surface area contributed by atoms with E-state index in [0.29, 0.717) is 0 Å². The minimum absolute atomic E-state index is 0.0428. The monoisotopic (exact) mass is 666 g/mol. The molecule has 0 saturated carbocycles. The summed E-state index contributed by atoms with van der Waals surface area (Å²) in [5.41, 5.74) is -0.404. The van der Waals surface area contributed by atoms with Crippen LogP contribution in [0.15, 0.2) is 103 Å². The van der Waals surface area contributed by atoms with E-state index in [0.717, 1.165) is 26.7 Å². The summed E-state index contributed by atoms with van der Waals surface area (Å²) in [4.78, 5) is 29.3. The van der Waals surface area contributed by atoms with Crippen LogP contribution in [0.1, 0.15) is 61.0 Å². The van der Waals surface area contributed by atoms with Crippen LogP contribution in [0.5, 0.6) is 0 Å². The number of nitrogens with zero attached hydrogens (tertiary/aromatic N) is 1. The normalized spacial score (nSPS) is 17.6. The Morgan fingerprint density at radius 1 is 0.792 bits per heavy atom. The fourth-order valence-electron chi connectivity index (χ4n) is 6.75. The number of amides is 2. The molecule has 0 unspecified atom stereocenters. The van der Waals surface area contributed by atoms with Crippen molar-refractivity contribution in [2.45, 2.75) is 83.7 Å². The predicted octanol–water partition coefficient (Wildman–Crippen LogP) is 6.77. The zero-order chi connectivity index (χ0) is 34.7. The van der Waals surface area contributed by atoms with E-state index in [4.69, 9.17) is 13.9 Å². The van der Waals surface area contributed by atoms with Gasteiger partial charge in [-0.1, -0.05) is 124 Å². The van der Waals surface area contributed by atoms with Crippen molar-refractivity contribution in [1.82, 2.24) is 10.2 Å². The third kappa shape index (κ3) is 7.51. The quantitative estimate of drug-likeness (QED) is 0.210. The summed E-state index contributed by atoms with van der Waals surface area (Å²) in [6.45, 7) is 16.6. The number of morpholine rings is 1. The number of rotatable bonds is 8. The van der Waals surface area contributed by atoms with Crippen molar-refractivity contribution in [2.75, 3.05) is 19.8 Å². The average Bonchev–Trinajstić information content (AvgIpc) is 3.04.